The smallest absolute Gasteiger partial charge is 0.325 e. The number of hydrogen-bond donors (Lipinski definition) is 1. The molecule has 1 N–H and O–H groups in total. The molecule has 1 aromatic carbocycles. The van der Waals surface area contributed by atoms with Crippen LogP contribution >= 0.6 is 0 Å². The molecule has 0 aromatic heterocycles. The standard InChI is InChI=1S/C15H21NO2/c1-18-15(17)11-16-14-9-7-13(8-10-14)12-5-3-2-4-6-12/h7-10,12,16H,2-6,11H2,1H3. The molecule has 3 heteroatoms. The zero-order chi connectivity index (χ0) is 12.8. The lowest BCUT2D eigenvalue weighted by Crippen LogP contribution is -2.14. The van der Waals surface area contributed by atoms with E-state index in [0.717, 1.165) is 11.6 Å². The van der Waals surface area contributed by atoms with Crippen molar-refractivity contribution in [3.05, 3.63) is 29.8 Å². The summed E-state index contributed by atoms with van der Waals surface area (Å²) in [7, 11) is 1.40. The van der Waals surface area contributed by atoms with Gasteiger partial charge in [-0.25, -0.2) is 0 Å². The van der Waals surface area contributed by atoms with Crippen molar-refractivity contribution >= 4 is 11.7 Å². The van der Waals surface area contributed by atoms with Gasteiger partial charge in [-0.3, -0.25) is 4.79 Å². The van der Waals surface area contributed by atoms with Gasteiger partial charge in [-0.1, -0.05) is 31.4 Å². The number of anilines is 1. The predicted octanol–water partition coefficient (Wildman–Crippen LogP) is 3.32. The lowest BCUT2D eigenvalue weighted by atomic mass is 9.84. The van der Waals surface area contributed by atoms with E-state index < -0.39 is 0 Å². The molecule has 0 atom stereocenters. The summed E-state index contributed by atoms with van der Waals surface area (Å²) in [6.45, 7) is 0.222. The monoisotopic (exact) mass is 247 g/mol. The van der Waals surface area contributed by atoms with E-state index in [1.807, 2.05) is 12.1 Å². The fraction of sp³-hybridized carbons (Fsp3) is 0.533. The van der Waals surface area contributed by atoms with Crippen LogP contribution in [0.1, 0.15) is 43.6 Å². The summed E-state index contributed by atoms with van der Waals surface area (Å²) in [6, 6.07) is 8.45. The fourth-order valence-electron chi connectivity index (χ4n) is 2.56. The Balaban J connectivity index is 1.90. The first-order chi connectivity index (χ1) is 8.79. The van der Waals surface area contributed by atoms with E-state index in [-0.39, 0.29) is 12.5 Å². The van der Waals surface area contributed by atoms with Crippen molar-refractivity contribution in [2.24, 2.45) is 0 Å². The van der Waals surface area contributed by atoms with Gasteiger partial charge in [0.05, 0.1) is 7.11 Å². The summed E-state index contributed by atoms with van der Waals surface area (Å²) in [5.74, 6) is 0.486. The SMILES string of the molecule is COC(=O)CNc1ccc(C2CCCCC2)cc1. The number of ether oxygens (including phenoxy) is 1. The maximum absolute atomic E-state index is 11.0. The number of carbonyl (C=O) groups excluding carboxylic acids is 1. The molecule has 98 valence electrons. The molecule has 1 aliphatic carbocycles. The molecule has 0 amide bonds. The summed E-state index contributed by atoms with van der Waals surface area (Å²) in [4.78, 5) is 11.0. The third kappa shape index (κ3) is 3.49. The molecule has 1 fully saturated rings. The van der Waals surface area contributed by atoms with Gasteiger partial charge in [0.15, 0.2) is 0 Å². The number of methoxy groups -OCH3 is 1. The van der Waals surface area contributed by atoms with E-state index in [2.05, 4.69) is 22.2 Å². The summed E-state index contributed by atoms with van der Waals surface area (Å²) >= 11 is 0. The molecule has 0 heterocycles. The highest BCUT2D eigenvalue weighted by molar-refractivity contribution is 5.74. The average molecular weight is 247 g/mol. The second-order valence-corrected chi connectivity index (χ2v) is 4.89. The Morgan fingerprint density at radius 2 is 1.89 bits per heavy atom. The van der Waals surface area contributed by atoms with Crippen LogP contribution in [-0.4, -0.2) is 19.6 Å². The maximum Gasteiger partial charge on any atom is 0.325 e. The average Bonchev–Trinajstić information content (AvgIpc) is 2.46. The molecule has 0 saturated heterocycles. The highest BCUT2D eigenvalue weighted by Crippen LogP contribution is 2.32. The summed E-state index contributed by atoms with van der Waals surface area (Å²) in [5, 5.41) is 3.05. The minimum Gasteiger partial charge on any atom is -0.468 e. The summed E-state index contributed by atoms with van der Waals surface area (Å²) in [5.41, 5.74) is 2.40. The van der Waals surface area contributed by atoms with E-state index in [9.17, 15) is 4.79 Å². The third-order valence-corrected chi connectivity index (χ3v) is 3.65. The van der Waals surface area contributed by atoms with Crippen molar-refractivity contribution in [3.8, 4) is 0 Å². The second kappa shape index (κ2) is 6.43. The molecule has 0 aliphatic heterocycles. The number of carbonyl (C=O) groups is 1. The van der Waals surface area contributed by atoms with Gasteiger partial charge in [-0.05, 0) is 36.5 Å². The molecule has 0 radical (unpaired) electrons. The van der Waals surface area contributed by atoms with Gasteiger partial charge in [-0.15, -0.1) is 0 Å². The highest BCUT2D eigenvalue weighted by atomic mass is 16.5. The van der Waals surface area contributed by atoms with Crippen molar-refractivity contribution in [1.82, 2.24) is 0 Å². The Bertz CT molecular complexity index is 380. The van der Waals surface area contributed by atoms with E-state index in [1.165, 1.54) is 44.8 Å². The van der Waals surface area contributed by atoms with Gasteiger partial charge in [0.25, 0.3) is 0 Å². The van der Waals surface area contributed by atoms with Crippen molar-refractivity contribution in [2.75, 3.05) is 19.0 Å². The molecule has 2 rings (SSSR count). The largest absolute Gasteiger partial charge is 0.468 e. The van der Waals surface area contributed by atoms with Crippen LogP contribution in [-0.2, 0) is 9.53 Å². The molecular formula is C15H21NO2. The fourth-order valence-corrected chi connectivity index (χ4v) is 2.56. The predicted molar refractivity (Wildman–Crippen MR) is 72.8 cm³/mol. The third-order valence-electron chi connectivity index (χ3n) is 3.65. The van der Waals surface area contributed by atoms with E-state index in [4.69, 9.17) is 0 Å². The van der Waals surface area contributed by atoms with E-state index in [1.54, 1.807) is 0 Å². The number of hydrogen-bond acceptors (Lipinski definition) is 3. The Kier molecular flexibility index (Phi) is 4.62. The number of rotatable bonds is 4. The van der Waals surface area contributed by atoms with E-state index >= 15 is 0 Å². The second-order valence-electron chi connectivity index (χ2n) is 4.89. The zero-order valence-corrected chi connectivity index (χ0v) is 10.9. The van der Waals surface area contributed by atoms with Gasteiger partial charge in [0, 0.05) is 5.69 Å². The minimum atomic E-state index is -0.244. The van der Waals surface area contributed by atoms with Crippen LogP contribution in [0.4, 0.5) is 5.69 Å². The maximum atomic E-state index is 11.0. The molecule has 0 bridgehead atoms. The Hall–Kier alpha value is -1.51. The van der Waals surface area contributed by atoms with Crippen LogP contribution in [0.15, 0.2) is 24.3 Å². The number of esters is 1. The normalized spacial score (nSPS) is 16.3. The molecular weight excluding hydrogens is 226 g/mol. The summed E-state index contributed by atoms with van der Waals surface area (Å²) in [6.07, 6.45) is 6.72. The van der Waals surface area contributed by atoms with Crippen LogP contribution in [0.3, 0.4) is 0 Å². The molecule has 0 unspecified atom stereocenters. The lowest BCUT2D eigenvalue weighted by molar-refractivity contribution is -0.138. The molecule has 1 saturated carbocycles. The quantitative estimate of drug-likeness (QED) is 0.829. The lowest BCUT2D eigenvalue weighted by Gasteiger charge is -2.22. The zero-order valence-electron chi connectivity index (χ0n) is 10.9. The molecule has 1 aliphatic rings. The Morgan fingerprint density at radius 1 is 1.22 bits per heavy atom. The van der Waals surface area contributed by atoms with Crippen molar-refractivity contribution in [3.63, 3.8) is 0 Å². The van der Waals surface area contributed by atoms with Crippen molar-refractivity contribution in [2.45, 2.75) is 38.0 Å². The Labute approximate surface area is 109 Å². The first-order valence-electron chi connectivity index (χ1n) is 6.70. The Morgan fingerprint density at radius 3 is 2.50 bits per heavy atom. The number of benzene rings is 1. The molecule has 0 spiro atoms. The van der Waals surface area contributed by atoms with Crippen LogP contribution in [0.25, 0.3) is 0 Å². The minimum absolute atomic E-state index is 0.222. The molecule has 18 heavy (non-hydrogen) atoms. The van der Waals surface area contributed by atoms with Crippen molar-refractivity contribution in [1.29, 1.82) is 0 Å². The van der Waals surface area contributed by atoms with Gasteiger partial charge < -0.3 is 10.1 Å². The van der Waals surface area contributed by atoms with Crippen LogP contribution in [0.2, 0.25) is 0 Å². The highest BCUT2D eigenvalue weighted by Gasteiger charge is 2.14. The van der Waals surface area contributed by atoms with E-state index in [0.29, 0.717) is 0 Å². The van der Waals surface area contributed by atoms with Crippen molar-refractivity contribution < 1.29 is 9.53 Å². The van der Waals surface area contributed by atoms with Crippen LogP contribution < -0.4 is 5.32 Å². The van der Waals surface area contributed by atoms with Crippen LogP contribution in [0.5, 0.6) is 0 Å². The topological polar surface area (TPSA) is 38.3 Å². The molecule has 1 aromatic rings. The first kappa shape index (κ1) is 12.9. The number of nitrogens with one attached hydrogen (secondary N) is 1. The van der Waals surface area contributed by atoms with Crippen LogP contribution in [0, 0.1) is 0 Å². The van der Waals surface area contributed by atoms with Gasteiger partial charge in [0.1, 0.15) is 6.54 Å². The summed E-state index contributed by atoms with van der Waals surface area (Å²) < 4.78 is 4.59. The molecule has 3 nitrogen and oxygen atoms in total. The van der Waals surface area contributed by atoms with Gasteiger partial charge >= 0.3 is 5.97 Å². The van der Waals surface area contributed by atoms with Gasteiger partial charge in [0.2, 0.25) is 0 Å². The van der Waals surface area contributed by atoms with Gasteiger partial charge in [-0.2, -0.15) is 0 Å². The first-order valence-corrected chi connectivity index (χ1v) is 6.70.